The monoisotopic (exact) mass is 422 g/mol. The lowest BCUT2D eigenvalue weighted by molar-refractivity contribution is -0.119. The fourth-order valence-corrected chi connectivity index (χ4v) is 5.34. The molecule has 0 radical (unpaired) electrons. The molecule has 1 saturated heterocycles. The first-order chi connectivity index (χ1) is 13.5. The lowest BCUT2D eigenvalue weighted by Gasteiger charge is -2.17. The number of aryl methyl sites for hydroxylation is 2. The quantitative estimate of drug-likeness (QED) is 0.492. The van der Waals surface area contributed by atoms with Crippen molar-refractivity contribution in [2.45, 2.75) is 58.2 Å². The molecule has 0 saturated carbocycles. The van der Waals surface area contributed by atoms with Crippen molar-refractivity contribution in [3.05, 3.63) is 16.3 Å². The molecule has 1 aliphatic rings. The Labute approximate surface area is 175 Å². The Morgan fingerprint density at radius 1 is 1.32 bits per heavy atom. The topological polar surface area (TPSA) is 67.4 Å². The standard InChI is InChI=1S/C20H30N4O2S2/c1-5-24(6-2)11-16-22-19(18-13(3)14(4)28-20(18)23-16)27-12-17(25)21-10-15-8-7-9-26-15/h15H,5-12H2,1-4H3,(H,21,25). The molecule has 0 spiro atoms. The van der Waals surface area contributed by atoms with Crippen LogP contribution >= 0.6 is 23.1 Å². The van der Waals surface area contributed by atoms with E-state index >= 15 is 0 Å². The van der Waals surface area contributed by atoms with Crippen LogP contribution in [0.25, 0.3) is 10.2 Å². The number of fused-ring (bicyclic) bond motifs is 1. The van der Waals surface area contributed by atoms with Gasteiger partial charge in [-0.3, -0.25) is 9.69 Å². The average molecular weight is 423 g/mol. The third-order valence-corrected chi connectivity index (χ3v) is 7.27. The van der Waals surface area contributed by atoms with E-state index in [0.717, 1.165) is 60.1 Å². The number of thioether (sulfide) groups is 1. The van der Waals surface area contributed by atoms with E-state index in [4.69, 9.17) is 14.7 Å². The van der Waals surface area contributed by atoms with Crippen LogP contribution in [0.5, 0.6) is 0 Å². The Bertz CT molecular complexity index is 814. The van der Waals surface area contributed by atoms with E-state index in [2.05, 4.69) is 37.9 Å². The third-order valence-electron chi connectivity index (χ3n) is 5.19. The minimum absolute atomic E-state index is 0.0298. The maximum Gasteiger partial charge on any atom is 0.230 e. The molecule has 28 heavy (non-hydrogen) atoms. The normalized spacial score (nSPS) is 17.0. The molecular formula is C20H30N4O2S2. The second-order valence-corrected chi connectivity index (χ2v) is 9.26. The lowest BCUT2D eigenvalue weighted by atomic mass is 10.2. The van der Waals surface area contributed by atoms with Crippen molar-refractivity contribution in [3.63, 3.8) is 0 Å². The third kappa shape index (κ3) is 5.23. The zero-order valence-corrected chi connectivity index (χ0v) is 18.8. The summed E-state index contributed by atoms with van der Waals surface area (Å²) < 4.78 is 5.57. The van der Waals surface area contributed by atoms with Gasteiger partial charge in [-0.05, 0) is 45.3 Å². The molecule has 0 aromatic carbocycles. The van der Waals surface area contributed by atoms with Gasteiger partial charge in [0.25, 0.3) is 0 Å². The first-order valence-electron chi connectivity index (χ1n) is 10.0. The molecule has 0 aliphatic carbocycles. The van der Waals surface area contributed by atoms with Gasteiger partial charge in [-0.25, -0.2) is 9.97 Å². The fourth-order valence-electron chi connectivity index (χ4n) is 3.30. The smallest absolute Gasteiger partial charge is 0.230 e. The molecule has 1 N–H and O–H groups in total. The number of carbonyl (C=O) groups excluding carboxylic acids is 1. The molecule has 2 aromatic rings. The van der Waals surface area contributed by atoms with Gasteiger partial charge in [0.05, 0.1) is 18.4 Å². The highest BCUT2D eigenvalue weighted by molar-refractivity contribution is 8.00. The summed E-state index contributed by atoms with van der Waals surface area (Å²) in [5.41, 5.74) is 1.22. The Kier molecular flexibility index (Phi) is 7.68. The van der Waals surface area contributed by atoms with E-state index in [0.29, 0.717) is 12.3 Å². The van der Waals surface area contributed by atoms with Crippen LogP contribution in [0.4, 0.5) is 0 Å². The highest BCUT2D eigenvalue weighted by Crippen LogP contribution is 2.35. The Morgan fingerprint density at radius 3 is 2.79 bits per heavy atom. The Hall–Kier alpha value is -1.22. The number of rotatable bonds is 9. The van der Waals surface area contributed by atoms with Crippen molar-refractivity contribution in [3.8, 4) is 0 Å². The van der Waals surface area contributed by atoms with E-state index in [-0.39, 0.29) is 12.0 Å². The number of thiophene rings is 1. The van der Waals surface area contributed by atoms with Crippen molar-refractivity contribution >= 4 is 39.2 Å². The van der Waals surface area contributed by atoms with Crippen molar-refractivity contribution in [2.24, 2.45) is 0 Å². The van der Waals surface area contributed by atoms with Crippen molar-refractivity contribution in [1.82, 2.24) is 20.2 Å². The van der Waals surface area contributed by atoms with E-state index in [9.17, 15) is 4.79 Å². The van der Waals surface area contributed by atoms with Crippen LogP contribution in [0.1, 0.15) is 43.0 Å². The van der Waals surface area contributed by atoms with E-state index in [1.807, 2.05) is 0 Å². The summed E-state index contributed by atoms with van der Waals surface area (Å²) in [6.07, 6.45) is 2.28. The molecule has 154 valence electrons. The number of nitrogens with zero attached hydrogens (tertiary/aromatic N) is 3. The summed E-state index contributed by atoms with van der Waals surface area (Å²) in [7, 11) is 0. The summed E-state index contributed by atoms with van der Waals surface area (Å²) in [6.45, 7) is 12.6. The predicted molar refractivity (Wildman–Crippen MR) is 116 cm³/mol. The summed E-state index contributed by atoms with van der Waals surface area (Å²) in [6, 6.07) is 0. The molecule has 6 nitrogen and oxygen atoms in total. The maximum absolute atomic E-state index is 12.3. The van der Waals surface area contributed by atoms with E-state index < -0.39 is 0 Å². The molecule has 2 aromatic heterocycles. The summed E-state index contributed by atoms with van der Waals surface area (Å²) >= 11 is 3.22. The number of hydrogen-bond acceptors (Lipinski definition) is 7. The molecular weight excluding hydrogens is 392 g/mol. The molecule has 3 rings (SSSR count). The first kappa shape index (κ1) is 21.5. The van der Waals surface area contributed by atoms with Crippen LogP contribution in [0, 0.1) is 13.8 Å². The highest BCUT2D eigenvalue weighted by Gasteiger charge is 2.19. The predicted octanol–water partition coefficient (Wildman–Crippen LogP) is 3.54. The molecule has 3 heterocycles. The van der Waals surface area contributed by atoms with Gasteiger partial charge >= 0.3 is 0 Å². The van der Waals surface area contributed by atoms with Gasteiger partial charge in [0, 0.05) is 23.4 Å². The van der Waals surface area contributed by atoms with Crippen LogP contribution in [0.3, 0.4) is 0 Å². The number of amides is 1. The van der Waals surface area contributed by atoms with Crippen molar-refractivity contribution in [2.75, 3.05) is 32.0 Å². The van der Waals surface area contributed by atoms with Gasteiger partial charge in [-0.15, -0.1) is 11.3 Å². The average Bonchev–Trinajstić information content (AvgIpc) is 3.31. The molecule has 1 amide bonds. The second-order valence-electron chi connectivity index (χ2n) is 7.10. The molecule has 0 bridgehead atoms. The van der Waals surface area contributed by atoms with Crippen molar-refractivity contribution in [1.29, 1.82) is 0 Å². The Balaban J connectivity index is 1.72. The minimum atomic E-state index is 0.0298. The van der Waals surface area contributed by atoms with Gasteiger partial charge in [-0.2, -0.15) is 0 Å². The number of hydrogen-bond donors (Lipinski definition) is 1. The second kappa shape index (κ2) is 10.0. The zero-order valence-electron chi connectivity index (χ0n) is 17.2. The van der Waals surface area contributed by atoms with Crippen molar-refractivity contribution < 1.29 is 9.53 Å². The minimum Gasteiger partial charge on any atom is -0.376 e. The zero-order chi connectivity index (χ0) is 20.1. The molecule has 1 aliphatic heterocycles. The summed E-state index contributed by atoms with van der Waals surface area (Å²) in [5, 5.41) is 5.01. The van der Waals surface area contributed by atoms with Gasteiger partial charge in [0.2, 0.25) is 5.91 Å². The molecule has 1 unspecified atom stereocenters. The van der Waals surface area contributed by atoms with Crippen LogP contribution in [-0.4, -0.2) is 58.9 Å². The van der Waals surface area contributed by atoms with Gasteiger partial charge < -0.3 is 10.1 Å². The van der Waals surface area contributed by atoms with Gasteiger partial charge in [-0.1, -0.05) is 25.6 Å². The van der Waals surface area contributed by atoms with Crippen LogP contribution in [0.2, 0.25) is 0 Å². The van der Waals surface area contributed by atoms with E-state index in [1.165, 1.54) is 22.2 Å². The van der Waals surface area contributed by atoms with E-state index in [1.54, 1.807) is 11.3 Å². The van der Waals surface area contributed by atoms with Gasteiger partial charge in [0.1, 0.15) is 15.7 Å². The van der Waals surface area contributed by atoms with Crippen LogP contribution in [0.15, 0.2) is 5.03 Å². The molecule has 1 atom stereocenters. The van der Waals surface area contributed by atoms with Crippen LogP contribution < -0.4 is 5.32 Å². The SMILES string of the molecule is CCN(CC)Cc1nc(SCC(=O)NCC2CCCO2)c2c(C)c(C)sc2n1. The molecule has 1 fully saturated rings. The van der Waals surface area contributed by atoms with Gasteiger partial charge in [0.15, 0.2) is 0 Å². The maximum atomic E-state index is 12.3. The molecule has 8 heteroatoms. The largest absolute Gasteiger partial charge is 0.376 e. The van der Waals surface area contributed by atoms with Crippen LogP contribution in [-0.2, 0) is 16.1 Å². The summed E-state index contributed by atoms with van der Waals surface area (Å²) in [5.74, 6) is 1.22. The first-order valence-corrected chi connectivity index (χ1v) is 11.8. The number of carbonyl (C=O) groups is 1. The summed E-state index contributed by atoms with van der Waals surface area (Å²) in [4.78, 5) is 26.5. The lowest BCUT2D eigenvalue weighted by Crippen LogP contribution is -2.32. The fraction of sp³-hybridized carbons (Fsp3) is 0.650. The Morgan fingerprint density at radius 2 is 2.11 bits per heavy atom. The highest BCUT2D eigenvalue weighted by atomic mass is 32.2. The number of nitrogens with one attached hydrogen (secondary N) is 1. The number of ether oxygens (including phenoxy) is 1. The number of aromatic nitrogens is 2.